The fraction of sp³-hybridized carbons (Fsp3) is 0.308. The number of ether oxygens (including phenoxy) is 1. The Kier molecular flexibility index (Phi) is 6.25. The summed E-state index contributed by atoms with van der Waals surface area (Å²) in [4.78, 5) is 40.8. The Morgan fingerprint density at radius 2 is 1.69 bits per heavy atom. The van der Waals surface area contributed by atoms with E-state index in [1.54, 1.807) is 6.92 Å². The first kappa shape index (κ1) is 23.0. The second kappa shape index (κ2) is 9.50. The fourth-order valence-corrected chi connectivity index (χ4v) is 5.63. The molecule has 0 unspecified atom stereocenters. The van der Waals surface area contributed by atoms with Crippen LogP contribution in [0.5, 0.6) is 0 Å². The number of aryl methyl sites for hydroxylation is 1. The van der Waals surface area contributed by atoms with Crippen molar-refractivity contribution in [3.8, 4) is 11.1 Å². The molecular formula is C26H25N3O5S. The summed E-state index contributed by atoms with van der Waals surface area (Å²) >= 11 is 1.21. The van der Waals surface area contributed by atoms with Gasteiger partial charge in [0.1, 0.15) is 16.5 Å². The number of amides is 2. The molecule has 2 aliphatic rings. The zero-order valence-corrected chi connectivity index (χ0v) is 19.9. The summed E-state index contributed by atoms with van der Waals surface area (Å²) in [6.45, 7) is 2.12. The van der Waals surface area contributed by atoms with Gasteiger partial charge < -0.3 is 20.5 Å². The van der Waals surface area contributed by atoms with Crippen molar-refractivity contribution in [2.75, 3.05) is 6.61 Å². The molecule has 1 aromatic heterocycles. The third-order valence-corrected chi connectivity index (χ3v) is 7.75. The molecule has 0 bridgehead atoms. The van der Waals surface area contributed by atoms with Crippen molar-refractivity contribution in [1.82, 2.24) is 15.6 Å². The number of carbonyl (C=O) groups is 3. The highest BCUT2D eigenvalue weighted by molar-refractivity contribution is 7.13. The molecule has 180 valence electrons. The number of nitrogens with one attached hydrogen (secondary N) is 2. The first-order chi connectivity index (χ1) is 16.9. The van der Waals surface area contributed by atoms with Gasteiger partial charge >= 0.3 is 12.1 Å². The molecule has 35 heavy (non-hydrogen) atoms. The molecule has 0 aliphatic heterocycles. The lowest BCUT2D eigenvalue weighted by atomic mass is 9.80. The predicted octanol–water partition coefficient (Wildman–Crippen LogP) is 4.08. The van der Waals surface area contributed by atoms with E-state index in [9.17, 15) is 14.4 Å². The van der Waals surface area contributed by atoms with E-state index in [0.29, 0.717) is 28.4 Å². The molecule has 1 fully saturated rings. The largest absolute Gasteiger partial charge is 0.481 e. The third-order valence-electron chi connectivity index (χ3n) is 6.60. The second-order valence-electron chi connectivity index (χ2n) is 8.88. The molecule has 0 saturated heterocycles. The van der Waals surface area contributed by atoms with Crippen LogP contribution in [0.3, 0.4) is 0 Å². The zero-order chi connectivity index (χ0) is 24.5. The van der Waals surface area contributed by atoms with Crippen molar-refractivity contribution in [3.63, 3.8) is 0 Å². The second-order valence-corrected chi connectivity index (χ2v) is 9.96. The Hall–Kier alpha value is -3.72. The number of carboxylic acids is 1. The summed E-state index contributed by atoms with van der Waals surface area (Å²) in [6, 6.07) is 16.2. The van der Waals surface area contributed by atoms with Gasteiger partial charge in [0.2, 0.25) is 0 Å². The minimum atomic E-state index is -0.828. The highest BCUT2D eigenvalue weighted by Crippen LogP contribution is 2.44. The van der Waals surface area contributed by atoms with E-state index in [-0.39, 0.29) is 36.9 Å². The molecule has 2 aromatic carbocycles. The molecule has 2 aliphatic carbocycles. The van der Waals surface area contributed by atoms with Crippen LogP contribution in [0.4, 0.5) is 4.79 Å². The number of alkyl carbamates (subject to hydrolysis) is 1. The number of carboxylic acid groups (broad SMARTS) is 1. The number of benzene rings is 2. The van der Waals surface area contributed by atoms with Gasteiger partial charge in [-0.1, -0.05) is 48.5 Å². The molecule has 5 rings (SSSR count). The number of nitrogens with zero attached hydrogens (tertiary/aromatic N) is 1. The van der Waals surface area contributed by atoms with Crippen molar-refractivity contribution < 1.29 is 24.2 Å². The molecule has 0 atom stereocenters. The number of fused-ring (bicyclic) bond motifs is 3. The number of rotatable bonds is 7. The Bertz CT molecular complexity index is 1250. The van der Waals surface area contributed by atoms with Gasteiger partial charge in [-0.05, 0) is 42.0 Å². The molecule has 9 heteroatoms. The molecular weight excluding hydrogens is 466 g/mol. The highest BCUT2D eigenvalue weighted by Gasteiger charge is 2.36. The zero-order valence-electron chi connectivity index (χ0n) is 19.1. The Labute approximate surface area is 206 Å². The van der Waals surface area contributed by atoms with Gasteiger partial charge in [-0.3, -0.25) is 9.59 Å². The van der Waals surface area contributed by atoms with Crippen molar-refractivity contribution in [2.24, 2.45) is 5.92 Å². The summed E-state index contributed by atoms with van der Waals surface area (Å²) in [5, 5.41) is 15.2. The monoisotopic (exact) mass is 491 g/mol. The van der Waals surface area contributed by atoms with Crippen molar-refractivity contribution in [2.45, 2.75) is 38.3 Å². The highest BCUT2D eigenvalue weighted by atomic mass is 32.1. The maximum absolute atomic E-state index is 12.5. The number of carbonyl (C=O) groups excluding carboxylic acids is 2. The van der Waals surface area contributed by atoms with Crippen LogP contribution in [-0.2, 0) is 16.1 Å². The van der Waals surface area contributed by atoms with E-state index in [1.165, 1.54) is 22.5 Å². The standard InChI is InChI=1S/C26H25N3O5S/c1-14-23(24(30)29-16-10-15(11-16)25(31)32)35-22(28-14)12-27-26(33)34-13-21-19-8-4-2-6-17(19)18-7-3-5-9-20(18)21/h2-9,15-16,21H,10-13H2,1H3,(H,27,33)(H,29,30)(H,31,32). The number of aliphatic carboxylic acids is 1. The Morgan fingerprint density at radius 1 is 1.06 bits per heavy atom. The summed E-state index contributed by atoms with van der Waals surface area (Å²) in [5.41, 5.74) is 5.21. The van der Waals surface area contributed by atoms with E-state index in [0.717, 1.165) is 11.1 Å². The minimum absolute atomic E-state index is 0.0159. The molecule has 3 N–H and O–H groups in total. The number of hydrogen-bond donors (Lipinski definition) is 3. The van der Waals surface area contributed by atoms with Crippen LogP contribution < -0.4 is 10.6 Å². The van der Waals surface area contributed by atoms with E-state index >= 15 is 0 Å². The summed E-state index contributed by atoms with van der Waals surface area (Å²) in [5.74, 6) is -1.50. The predicted molar refractivity (Wildman–Crippen MR) is 130 cm³/mol. The van der Waals surface area contributed by atoms with Gasteiger partial charge in [0.05, 0.1) is 18.2 Å². The van der Waals surface area contributed by atoms with E-state index in [1.807, 2.05) is 24.3 Å². The molecule has 1 saturated carbocycles. The van der Waals surface area contributed by atoms with Gasteiger partial charge in [-0.2, -0.15) is 0 Å². The Morgan fingerprint density at radius 3 is 2.31 bits per heavy atom. The van der Waals surface area contributed by atoms with Crippen molar-refractivity contribution >= 4 is 29.3 Å². The molecule has 1 heterocycles. The van der Waals surface area contributed by atoms with Gasteiger partial charge in [-0.25, -0.2) is 9.78 Å². The van der Waals surface area contributed by atoms with Crippen molar-refractivity contribution in [3.05, 3.63) is 75.2 Å². The topological polar surface area (TPSA) is 118 Å². The maximum atomic E-state index is 12.5. The van der Waals surface area contributed by atoms with Gasteiger partial charge in [0, 0.05) is 12.0 Å². The maximum Gasteiger partial charge on any atom is 0.407 e. The van der Waals surface area contributed by atoms with Crippen LogP contribution in [0.25, 0.3) is 11.1 Å². The minimum Gasteiger partial charge on any atom is -0.481 e. The third kappa shape index (κ3) is 4.64. The lowest BCUT2D eigenvalue weighted by molar-refractivity contribution is -0.145. The summed E-state index contributed by atoms with van der Waals surface area (Å²) < 4.78 is 5.55. The lowest BCUT2D eigenvalue weighted by Crippen LogP contribution is -2.46. The van der Waals surface area contributed by atoms with Crippen LogP contribution in [0.2, 0.25) is 0 Å². The first-order valence-corrected chi connectivity index (χ1v) is 12.3. The molecule has 0 spiro atoms. The first-order valence-electron chi connectivity index (χ1n) is 11.5. The SMILES string of the molecule is Cc1nc(CNC(=O)OCC2c3ccccc3-c3ccccc32)sc1C(=O)NC1CC(C(=O)O)C1. The van der Waals surface area contributed by atoms with Crippen molar-refractivity contribution in [1.29, 1.82) is 0 Å². The van der Waals surface area contributed by atoms with E-state index < -0.39 is 12.1 Å². The number of thiazole rings is 1. The van der Waals surface area contributed by atoms with Crippen LogP contribution in [0.15, 0.2) is 48.5 Å². The Balaban J connectivity index is 1.14. The number of hydrogen-bond acceptors (Lipinski definition) is 6. The summed E-state index contributed by atoms with van der Waals surface area (Å²) in [7, 11) is 0. The molecule has 3 aromatic rings. The fourth-order valence-electron chi connectivity index (χ4n) is 4.72. The number of aromatic nitrogens is 1. The molecule has 8 nitrogen and oxygen atoms in total. The van der Waals surface area contributed by atoms with Crippen LogP contribution in [0, 0.1) is 12.8 Å². The van der Waals surface area contributed by atoms with Gasteiger partial charge in [-0.15, -0.1) is 11.3 Å². The molecule has 2 amide bonds. The van der Waals surface area contributed by atoms with Gasteiger partial charge in [0.15, 0.2) is 0 Å². The van der Waals surface area contributed by atoms with Gasteiger partial charge in [0.25, 0.3) is 5.91 Å². The lowest BCUT2D eigenvalue weighted by Gasteiger charge is -2.32. The van der Waals surface area contributed by atoms with E-state index in [2.05, 4.69) is 39.9 Å². The van der Waals surface area contributed by atoms with E-state index in [4.69, 9.17) is 9.84 Å². The molecule has 0 radical (unpaired) electrons. The smallest absolute Gasteiger partial charge is 0.407 e. The van der Waals surface area contributed by atoms with Crippen LogP contribution >= 0.6 is 11.3 Å². The quantitative estimate of drug-likeness (QED) is 0.458. The average molecular weight is 492 g/mol. The average Bonchev–Trinajstić information content (AvgIpc) is 3.35. The summed E-state index contributed by atoms with van der Waals surface area (Å²) in [6.07, 6.45) is 0.337. The van der Waals surface area contributed by atoms with Crippen LogP contribution in [-0.4, -0.2) is 40.7 Å². The normalized spacial score (nSPS) is 18.2. The van der Waals surface area contributed by atoms with Crippen LogP contribution in [0.1, 0.15) is 50.3 Å².